The lowest BCUT2D eigenvalue weighted by atomic mass is 9.71. The lowest BCUT2D eigenvalue weighted by Crippen LogP contribution is -2.65. The van der Waals surface area contributed by atoms with E-state index < -0.39 is 0 Å². The summed E-state index contributed by atoms with van der Waals surface area (Å²) in [6, 6.07) is 10.5. The van der Waals surface area contributed by atoms with Gasteiger partial charge < -0.3 is 10.2 Å². The molecule has 6 heteroatoms. The third-order valence-electron chi connectivity index (χ3n) is 7.39. The molecule has 1 aromatic rings. The van der Waals surface area contributed by atoms with Gasteiger partial charge in [0, 0.05) is 44.7 Å². The maximum atomic E-state index is 13.1. The van der Waals surface area contributed by atoms with E-state index in [0.717, 1.165) is 32.7 Å². The molecule has 3 saturated heterocycles. The van der Waals surface area contributed by atoms with Crippen molar-refractivity contribution >= 4 is 11.8 Å². The zero-order valence-electron chi connectivity index (χ0n) is 19.9. The fraction of sp³-hybridized carbons (Fsp3) is 0.692. The van der Waals surface area contributed by atoms with Crippen molar-refractivity contribution in [2.75, 3.05) is 52.4 Å². The SMILES string of the molecule is CC(C)CNC(=O)C1CN(Cc2ccccc2)CC12CN(C(=O)CN1CCCCCC1)C2. The number of nitrogens with one attached hydrogen (secondary N) is 1. The second-order valence-electron chi connectivity index (χ2n) is 10.6. The number of hydrogen-bond acceptors (Lipinski definition) is 4. The molecule has 176 valence electrons. The molecule has 3 fully saturated rings. The summed E-state index contributed by atoms with van der Waals surface area (Å²) in [6.07, 6.45) is 4.96. The van der Waals surface area contributed by atoms with Crippen LogP contribution in [0.2, 0.25) is 0 Å². The Kier molecular flexibility index (Phi) is 7.51. The van der Waals surface area contributed by atoms with Crippen LogP contribution in [0.1, 0.15) is 45.1 Å². The third kappa shape index (κ3) is 5.52. The zero-order chi connectivity index (χ0) is 22.6. The molecule has 1 unspecified atom stereocenters. The molecule has 3 heterocycles. The predicted octanol–water partition coefficient (Wildman–Crippen LogP) is 2.60. The summed E-state index contributed by atoms with van der Waals surface area (Å²) in [5.41, 5.74) is 1.17. The standard InChI is InChI=1S/C26H40N4O2/c1-21(2)14-27-25(32)23-16-29(15-22-10-6-5-7-11-22)18-26(23)19-30(20-26)24(31)17-28-12-8-3-4-9-13-28/h5-7,10-11,21,23H,3-4,8-9,12-20H2,1-2H3,(H,27,32). The van der Waals surface area contributed by atoms with Gasteiger partial charge in [-0.15, -0.1) is 0 Å². The summed E-state index contributed by atoms with van der Waals surface area (Å²) >= 11 is 0. The van der Waals surface area contributed by atoms with Crippen molar-refractivity contribution in [3.05, 3.63) is 35.9 Å². The van der Waals surface area contributed by atoms with Crippen LogP contribution in [-0.4, -0.2) is 78.9 Å². The summed E-state index contributed by atoms with van der Waals surface area (Å²) in [7, 11) is 0. The second-order valence-corrected chi connectivity index (χ2v) is 10.6. The average Bonchev–Trinajstić information content (AvgIpc) is 2.93. The highest BCUT2D eigenvalue weighted by molar-refractivity contribution is 5.83. The Morgan fingerprint density at radius 2 is 1.69 bits per heavy atom. The number of benzene rings is 1. The van der Waals surface area contributed by atoms with Crippen LogP contribution in [0.3, 0.4) is 0 Å². The van der Waals surface area contributed by atoms with Crippen LogP contribution in [0.4, 0.5) is 0 Å². The van der Waals surface area contributed by atoms with Gasteiger partial charge in [0.2, 0.25) is 11.8 Å². The van der Waals surface area contributed by atoms with E-state index >= 15 is 0 Å². The first-order chi connectivity index (χ1) is 15.4. The van der Waals surface area contributed by atoms with Crippen LogP contribution in [0.25, 0.3) is 0 Å². The van der Waals surface area contributed by atoms with Gasteiger partial charge in [0.1, 0.15) is 0 Å². The number of carbonyl (C=O) groups excluding carboxylic acids is 2. The molecule has 0 bridgehead atoms. The van der Waals surface area contributed by atoms with Gasteiger partial charge in [0.25, 0.3) is 0 Å². The summed E-state index contributed by atoms with van der Waals surface area (Å²) in [4.78, 5) is 32.8. The number of rotatable bonds is 7. The fourth-order valence-electron chi connectivity index (χ4n) is 5.62. The average molecular weight is 441 g/mol. The molecule has 0 saturated carbocycles. The lowest BCUT2D eigenvalue weighted by Gasteiger charge is -2.51. The fourth-order valence-corrected chi connectivity index (χ4v) is 5.62. The van der Waals surface area contributed by atoms with E-state index in [9.17, 15) is 9.59 Å². The van der Waals surface area contributed by atoms with E-state index in [2.05, 4.69) is 53.2 Å². The van der Waals surface area contributed by atoms with Crippen LogP contribution >= 0.6 is 0 Å². The topological polar surface area (TPSA) is 55.9 Å². The Balaban J connectivity index is 1.38. The monoisotopic (exact) mass is 440 g/mol. The highest BCUT2D eigenvalue weighted by Gasteiger charge is 2.57. The van der Waals surface area contributed by atoms with Crippen molar-refractivity contribution in [3.8, 4) is 0 Å². The summed E-state index contributed by atoms with van der Waals surface area (Å²) in [5, 5.41) is 3.17. The number of carbonyl (C=O) groups is 2. The van der Waals surface area contributed by atoms with E-state index in [0.29, 0.717) is 32.1 Å². The minimum Gasteiger partial charge on any atom is -0.356 e. The molecule has 1 atom stereocenters. The molecule has 1 N–H and O–H groups in total. The number of amides is 2. The van der Waals surface area contributed by atoms with Gasteiger partial charge >= 0.3 is 0 Å². The van der Waals surface area contributed by atoms with Crippen LogP contribution in [0, 0.1) is 17.3 Å². The van der Waals surface area contributed by atoms with Crippen molar-refractivity contribution in [2.24, 2.45) is 17.3 Å². The highest BCUT2D eigenvalue weighted by Crippen LogP contribution is 2.44. The first-order valence-corrected chi connectivity index (χ1v) is 12.5. The molecule has 4 rings (SSSR count). The zero-order valence-corrected chi connectivity index (χ0v) is 19.9. The molecule has 32 heavy (non-hydrogen) atoms. The molecule has 0 aromatic heterocycles. The van der Waals surface area contributed by atoms with Gasteiger partial charge in [0.05, 0.1) is 12.5 Å². The molecule has 0 radical (unpaired) electrons. The second kappa shape index (κ2) is 10.3. The molecule has 0 aliphatic carbocycles. The normalized spacial score (nSPS) is 23.8. The molecular weight excluding hydrogens is 400 g/mol. The first-order valence-electron chi connectivity index (χ1n) is 12.5. The van der Waals surface area contributed by atoms with Crippen LogP contribution in [-0.2, 0) is 16.1 Å². The number of likely N-dealkylation sites (tertiary alicyclic amines) is 3. The molecular formula is C26H40N4O2. The Bertz CT molecular complexity index is 767. The Hall–Kier alpha value is -1.92. The third-order valence-corrected chi connectivity index (χ3v) is 7.39. The van der Waals surface area contributed by atoms with E-state index in [1.807, 2.05) is 11.0 Å². The Morgan fingerprint density at radius 3 is 2.34 bits per heavy atom. The van der Waals surface area contributed by atoms with Crippen molar-refractivity contribution in [1.29, 1.82) is 0 Å². The number of nitrogens with zero attached hydrogens (tertiary/aromatic N) is 3. The van der Waals surface area contributed by atoms with Crippen molar-refractivity contribution in [1.82, 2.24) is 20.0 Å². The molecule has 2 amide bonds. The van der Waals surface area contributed by atoms with E-state index in [4.69, 9.17) is 0 Å². The van der Waals surface area contributed by atoms with Gasteiger partial charge in [-0.05, 0) is 37.4 Å². The van der Waals surface area contributed by atoms with Crippen molar-refractivity contribution in [2.45, 2.75) is 46.1 Å². The summed E-state index contributed by atoms with van der Waals surface area (Å²) in [5.74, 6) is 0.784. The molecule has 3 aliphatic heterocycles. The van der Waals surface area contributed by atoms with Gasteiger partial charge in [-0.3, -0.25) is 19.4 Å². The predicted molar refractivity (Wildman–Crippen MR) is 127 cm³/mol. The Labute approximate surface area is 193 Å². The maximum Gasteiger partial charge on any atom is 0.236 e. The van der Waals surface area contributed by atoms with Gasteiger partial charge in [-0.2, -0.15) is 0 Å². The highest BCUT2D eigenvalue weighted by atomic mass is 16.2. The molecule has 3 aliphatic rings. The summed E-state index contributed by atoms with van der Waals surface area (Å²) < 4.78 is 0. The quantitative estimate of drug-likeness (QED) is 0.708. The largest absolute Gasteiger partial charge is 0.356 e. The van der Waals surface area contributed by atoms with Crippen molar-refractivity contribution < 1.29 is 9.59 Å². The van der Waals surface area contributed by atoms with Gasteiger partial charge in [-0.25, -0.2) is 0 Å². The number of hydrogen-bond donors (Lipinski definition) is 1. The van der Waals surface area contributed by atoms with E-state index in [1.54, 1.807) is 0 Å². The molecule has 6 nitrogen and oxygen atoms in total. The van der Waals surface area contributed by atoms with Crippen LogP contribution in [0.15, 0.2) is 30.3 Å². The van der Waals surface area contributed by atoms with Gasteiger partial charge in [-0.1, -0.05) is 57.0 Å². The Morgan fingerprint density at radius 1 is 1.00 bits per heavy atom. The van der Waals surface area contributed by atoms with Crippen LogP contribution < -0.4 is 5.32 Å². The molecule has 1 spiro atoms. The minimum absolute atomic E-state index is 0.0489. The van der Waals surface area contributed by atoms with E-state index in [-0.39, 0.29) is 23.1 Å². The minimum atomic E-state index is -0.107. The van der Waals surface area contributed by atoms with Crippen molar-refractivity contribution in [3.63, 3.8) is 0 Å². The maximum absolute atomic E-state index is 13.1. The van der Waals surface area contributed by atoms with Gasteiger partial charge in [0.15, 0.2) is 0 Å². The smallest absolute Gasteiger partial charge is 0.236 e. The lowest BCUT2D eigenvalue weighted by molar-refractivity contribution is -0.150. The first kappa shape index (κ1) is 23.2. The summed E-state index contributed by atoms with van der Waals surface area (Å²) in [6.45, 7) is 11.5. The molecule has 1 aromatic carbocycles. The van der Waals surface area contributed by atoms with E-state index in [1.165, 1.54) is 31.2 Å². The van der Waals surface area contributed by atoms with Crippen LogP contribution in [0.5, 0.6) is 0 Å².